The van der Waals surface area contributed by atoms with Gasteiger partial charge in [-0.3, -0.25) is 0 Å². The number of rotatable bonds is 5. The van der Waals surface area contributed by atoms with Gasteiger partial charge in [-0.15, -0.1) is 0 Å². The summed E-state index contributed by atoms with van der Waals surface area (Å²) >= 11 is 0. The van der Waals surface area contributed by atoms with Crippen LogP contribution in [0, 0.1) is 0 Å². The van der Waals surface area contributed by atoms with E-state index in [9.17, 15) is 0 Å². The molecular weight excluding hydrogens is 216 g/mol. The maximum Gasteiger partial charge on any atom is 0.164 e. The third-order valence-electron chi connectivity index (χ3n) is 3.25. The van der Waals surface area contributed by atoms with E-state index in [1.165, 1.54) is 12.8 Å². The molecule has 94 valence electrons. The molecule has 0 heterocycles. The van der Waals surface area contributed by atoms with Gasteiger partial charge in [0, 0.05) is 12.2 Å². The second-order valence-electron chi connectivity index (χ2n) is 4.45. The van der Waals surface area contributed by atoms with Crippen molar-refractivity contribution in [1.82, 2.24) is 0 Å². The van der Waals surface area contributed by atoms with E-state index in [0.29, 0.717) is 12.5 Å². The van der Waals surface area contributed by atoms with Crippen LogP contribution in [0.15, 0.2) is 18.2 Å². The van der Waals surface area contributed by atoms with Gasteiger partial charge < -0.3 is 14.6 Å². The quantitative estimate of drug-likeness (QED) is 0.854. The predicted octanol–water partition coefficient (Wildman–Crippen LogP) is 2.55. The summed E-state index contributed by atoms with van der Waals surface area (Å²) in [5.41, 5.74) is 1.03. The highest BCUT2D eigenvalue weighted by atomic mass is 16.5. The molecule has 0 spiro atoms. The van der Waals surface area contributed by atoms with Crippen molar-refractivity contribution >= 4 is 0 Å². The van der Waals surface area contributed by atoms with Gasteiger partial charge >= 0.3 is 0 Å². The van der Waals surface area contributed by atoms with Gasteiger partial charge in [0.05, 0.1) is 13.2 Å². The van der Waals surface area contributed by atoms with Crippen molar-refractivity contribution in [2.24, 2.45) is 0 Å². The molecule has 3 nitrogen and oxygen atoms in total. The van der Waals surface area contributed by atoms with E-state index < -0.39 is 0 Å². The van der Waals surface area contributed by atoms with Gasteiger partial charge in [0.1, 0.15) is 0 Å². The van der Waals surface area contributed by atoms with Gasteiger partial charge in [0.25, 0.3) is 0 Å². The molecule has 1 N–H and O–H groups in total. The van der Waals surface area contributed by atoms with E-state index in [4.69, 9.17) is 14.6 Å². The first kappa shape index (κ1) is 12.2. The number of ether oxygens (including phenoxy) is 2. The summed E-state index contributed by atoms with van der Waals surface area (Å²) in [6.45, 7) is 0.133. The summed E-state index contributed by atoms with van der Waals surface area (Å²) in [6.07, 6.45) is 5.65. The van der Waals surface area contributed by atoms with Crippen molar-refractivity contribution in [2.45, 2.75) is 38.2 Å². The first-order valence-corrected chi connectivity index (χ1v) is 6.28. The average molecular weight is 236 g/mol. The molecule has 0 bridgehead atoms. The number of para-hydroxylation sites is 1. The minimum absolute atomic E-state index is 0.133. The zero-order valence-electron chi connectivity index (χ0n) is 10.3. The molecule has 1 saturated carbocycles. The number of hydrogen-bond acceptors (Lipinski definition) is 3. The number of aliphatic hydroxyl groups is 1. The molecule has 1 aromatic rings. The van der Waals surface area contributed by atoms with E-state index in [1.807, 2.05) is 18.2 Å². The summed E-state index contributed by atoms with van der Waals surface area (Å²) in [5, 5.41) is 9.07. The Balaban J connectivity index is 2.20. The van der Waals surface area contributed by atoms with E-state index in [0.717, 1.165) is 29.9 Å². The molecule has 2 rings (SSSR count). The second kappa shape index (κ2) is 5.92. The fourth-order valence-corrected chi connectivity index (χ4v) is 2.35. The van der Waals surface area contributed by atoms with Gasteiger partial charge in [-0.2, -0.15) is 0 Å². The smallest absolute Gasteiger partial charge is 0.164 e. The van der Waals surface area contributed by atoms with Gasteiger partial charge in [-0.1, -0.05) is 12.1 Å². The molecule has 0 saturated heterocycles. The molecule has 1 fully saturated rings. The Hall–Kier alpha value is -1.22. The Morgan fingerprint density at radius 2 is 2.06 bits per heavy atom. The van der Waals surface area contributed by atoms with Gasteiger partial charge in [0.15, 0.2) is 11.5 Å². The first-order chi connectivity index (χ1) is 8.35. The van der Waals surface area contributed by atoms with Crippen molar-refractivity contribution in [2.75, 3.05) is 13.7 Å². The topological polar surface area (TPSA) is 38.7 Å². The molecule has 0 aromatic heterocycles. The zero-order valence-corrected chi connectivity index (χ0v) is 10.3. The molecule has 3 heteroatoms. The van der Waals surface area contributed by atoms with Crippen LogP contribution in [0.5, 0.6) is 11.5 Å². The minimum atomic E-state index is 0.133. The van der Waals surface area contributed by atoms with Gasteiger partial charge in [0.2, 0.25) is 0 Å². The fraction of sp³-hybridized carbons (Fsp3) is 0.571. The first-order valence-electron chi connectivity index (χ1n) is 6.28. The van der Waals surface area contributed by atoms with Crippen molar-refractivity contribution in [3.8, 4) is 11.5 Å². The molecule has 1 aliphatic rings. The molecule has 1 aromatic carbocycles. The van der Waals surface area contributed by atoms with Crippen LogP contribution in [-0.4, -0.2) is 24.9 Å². The Bertz CT molecular complexity index is 356. The number of hydrogen-bond donors (Lipinski definition) is 1. The molecule has 17 heavy (non-hydrogen) atoms. The Morgan fingerprint density at radius 3 is 2.71 bits per heavy atom. The van der Waals surface area contributed by atoms with Crippen molar-refractivity contribution < 1.29 is 14.6 Å². The molecular formula is C14H20O3. The van der Waals surface area contributed by atoms with E-state index in [-0.39, 0.29) is 6.61 Å². The minimum Gasteiger partial charge on any atom is -0.493 e. The Kier molecular flexibility index (Phi) is 4.26. The highest BCUT2D eigenvalue weighted by Crippen LogP contribution is 2.34. The van der Waals surface area contributed by atoms with E-state index in [1.54, 1.807) is 7.11 Å². The Morgan fingerprint density at radius 1 is 1.29 bits per heavy atom. The summed E-state index contributed by atoms with van der Waals surface area (Å²) < 4.78 is 11.4. The Labute approximate surface area is 102 Å². The van der Waals surface area contributed by atoms with Crippen molar-refractivity contribution in [3.63, 3.8) is 0 Å². The predicted molar refractivity (Wildman–Crippen MR) is 66.7 cm³/mol. The number of benzene rings is 1. The molecule has 0 radical (unpaired) electrons. The number of methoxy groups -OCH3 is 1. The summed E-state index contributed by atoms with van der Waals surface area (Å²) in [7, 11) is 1.65. The summed E-state index contributed by atoms with van der Waals surface area (Å²) in [6, 6.07) is 5.83. The maximum absolute atomic E-state index is 9.07. The van der Waals surface area contributed by atoms with Crippen LogP contribution in [0.2, 0.25) is 0 Å². The zero-order chi connectivity index (χ0) is 12.1. The lowest BCUT2D eigenvalue weighted by atomic mass is 10.1. The lowest BCUT2D eigenvalue weighted by Gasteiger charge is -2.18. The largest absolute Gasteiger partial charge is 0.493 e. The fourth-order valence-electron chi connectivity index (χ4n) is 2.35. The van der Waals surface area contributed by atoms with Crippen LogP contribution < -0.4 is 9.47 Å². The van der Waals surface area contributed by atoms with Gasteiger partial charge in [-0.25, -0.2) is 0 Å². The molecule has 0 atom stereocenters. The van der Waals surface area contributed by atoms with Crippen LogP contribution in [0.4, 0.5) is 0 Å². The van der Waals surface area contributed by atoms with Crippen molar-refractivity contribution in [1.29, 1.82) is 0 Å². The highest BCUT2D eigenvalue weighted by molar-refractivity contribution is 5.46. The number of aliphatic hydroxyl groups excluding tert-OH is 1. The van der Waals surface area contributed by atoms with Crippen LogP contribution in [0.25, 0.3) is 0 Å². The summed E-state index contributed by atoms with van der Waals surface area (Å²) in [4.78, 5) is 0. The third-order valence-corrected chi connectivity index (χ3v) is 3.25. The average Bonchev–Trinajstić information content (AvgIpc) is 2.84. The SMILES string of the molecule is COc1cccc(CCO)c1OC1CCCC1. The molecule has 1 aliphatic carbocycles. The monoisotopic (exact) mass is 236 g/mol. The highest BCUT2D eigenvalue weighted by Gasteiger charge is 2.20. The van der Waals surface area contributed by atoms with Crippen LogP contribution in [0.3, 0.4) is 0 Å². The molecule has 0 unspecified atom stereocenters. The lowest BCUT2D eigenvalue weighted by Crippen LogP contribution is -2.13. The van der Waals surface area contributed by atoms with E-state index in [2.05, 4.69) is 0 Å². The maximum atomic E-state index is 9.07. The summed E-state index contributed by atoms with van der Waals surface area (Å²) in [5.74, 6) is 1.58. The van der Waals surface area contributed by atoms with Crippen LogP contribution >= 0.6 is 0 Å². The molecule has 0 amide bonds. The normalized spacial score (nSPS) is 16.1. The lowest BCUT2D eigenvalue weighted by molar-refractivity contribution is 0.197. The standard InChI is InChI=1S/C14H20O3/c1-16-13-8-4-5-11(9-10-15)14(13)17-12-6-2-3-7-12/h4-5,8,12,15H,2-3,6-7,9-10H2,1H3. The third kappa shape index (κ3) is 2.91. The molecule has 0 aliphatic heterocycles. The van der Waals surface area contributed by atoms with E-state index >= 15 is 0 Å². The second-order valence-corrected chi connectivity index (χ2v) is 4.45. The van der Waals surface area contributed by atoms with Crippen molar-refractivity contribution in [3.05, 3.63) is 23.8 Å². The van der Waals surface area contributed by atoms with Crippen LogP contribution in [0.1, 0.15) is 31.2 Å². The van der Waals surface area contributed by atoms with Crippen LogP contribution in [-0.2, 0) is 6.42 Å². The van der Waals surface area contributed by atoms with Gasteiger partial charge in [-0.05, 0) is 38.2 Å².